The molecular weight excluding hydrogens is 360 g/mol. The van der Waals surface area contributed by atoms with Gasteiger partial charge in [-0.1, -0.05) is 52.8 Å². The van der Waals surface area contributed by atoms with Gasteiger partial charge in [-0.25, -0.2) is 0 Å². The molecule has 3 aromatic rings. The van der Waals surface area contributed by atoms with E-state index in [0.29, 0.717) is 22.8 Å². The number of benzene rings is 3. The van der Waals surface area contributed by atoms with Crippen molar-refractivity contribution in [1.29, 1.82) is 0 Å². The summed E-state index contributed by atoms with van der Waals surface area (Å²) in [6, 6.07) is 21.3. The maximum absolute atomic E-state index is 12.4. The Kier molecular flexibility index (Phi) is 8.02. The first-order valence-corrected chi connectivity index (χ1v) is 9.98. The number of phenolic OH excluding ortho intramolecular Hbond substituents is 1. The van der Waals surface area contributed by atoms with Gasteiger partial charge in [0.1, 0.15) is 17.2 Å². The van der Waals surface area contributed by atoms with Gasteiger partial charge in [0.2, 0.25) is 0 Å². The molecule has 0 fully saturated rings. The van der Waals surface area contributed by atoms with Crippen LogP contribution in [-0.4, -0.2) is 10.9 Å². The highest BCUT2D eigenvalue weighted by molar-refractivity contribution is 6.09. The third-order valence-electron chi connectivity index (χ3n) is 4.01. The molecule has 3 rings (SSSR count). The third-order valence-corrected chi connectivity index (χ3v) is 4.01. The van der Waals surface area contributed by atoms with Crippen LogP contribution in [0, 0.1) is 5.92 Å². The fourth-order valence-electron chi connectivity index (χ4n) is 2.63. The summed E-state index contributed by atoms with van der Waals surface area (Å²) in [5.41, 5.74) is 2.26. The molecule has 0 bridgehead atoms. The summed E-state index contributed by atoms with van der Waals surface area (Å²) in [7, 11) is 0. The average Bonchev–Trinajstić information content (AvgIpc) is 2.68. The van der Waals surface area contributed by atoms with Crippen LogP contribution in [0.25, 0.3) is 0 Å². The van der Waals surface area contributed by atoms with Gasteiger partial charge in [0, 0.05) is 11.1 Å². The highest BCUT2D eigenvalue weighted by Crippen LogP contribution is 2.30. The van der Waals surface area contributed by atoms with E-state index in [9.17, 15) is 9.90 Å². The minimum atomic E-state index is -0.0888. The van der Waals surface area contributed by atoms with Gasteiger partial charge in [-0.05, 0) is 72.0 Å². The van der Waals surface area contributed by atoms with Gasteiger partial charge in [-0.3, -0.25) is 4.79 Å². The van der Waals surface area contributed by atoms with E-state index in [0.717, 1.165) is 17.2 Å². The first kappa shape index (κ1) is 22.2. The van der Waals surface area contributed by atoms with Gasteiger partial charge in [0.05, 0.1) is 0 Å². The van der Waals surface area contributed by atoms with Crippen LogP contribution in [0.4, 0.5) is 0 Å². The summed E-state index contributed by atoms with van der Waals surface area (Å²) in [6.07, 6.45) is 0. The maximum Gasteiger partial charge on any atom is 0.193 e. The van der Waals surface area contributed by atoms with Crippen molar-refractivity contribution in [3.63, 3.8) is 0 Å². The second-order valence-corrected chi connectivity index (χ2v) is 7.93. The number of rotatable bonds is 5. The van der Waals surface area contributed by atoms with Crippen LogP contribution in [0.3, 0.4) is 0 Å². The molecule has 0 spiro atoms. The van der Waals surface area contributed by atoms with Crippen LogP contribution in [-0.2, 0) is 0 Å². The molecule has 0 saturated heterocycles. The third kappa shape index (κ3) is 6.79. The van der Waals surface area contributed by atoms with Crippen LogP contribution in [0.2, 0.25) is 0 Å². The molecule has 0 aromatic heterocycles. The van der Waals surface area contributed by atoms with Crippen LogP contribution in [0.5, 0.6) is 17.2 Å². The SMILES string of the molecule is CC(C)C.CC(C)c1ccccc1Oc1ccc(C(=O)c2ccc(O)cc2)cc1. The molecule has 0 amide bonds. The largest absolute Gasteiger partial charge is 0.508 e. The quantitative estimate of drug-likeness (QED) is 0.468. The predicted octanol–water partition coefficient (Wildman–Crippen LogP) is 7.20. The highest BCUT2D eigenvalue weighted by atomic mass is 16.5. The van der Waals surface area contributed by atoms with E-state index in [4.69, 9.17) is 4.74 Å². The molecule has 29 heavy (non-hydrogen) atoms. The number of ketones is 1. The molecule has 3 nitrogen and oxygen atoms in total. The van der Waals surface area contributed by atoms with E-state index in [2.05, 4.69) is 40.7 Å². The number of aromatic hydroxyl groups is 1. The van der Waals surface area contributed by atoms with Crippen molar-refractivity contribution in [2.24, 2.45) is 5.92 Å². The van der Waals surface area contributed by atoms with Crippen LogP contribution in [0.1, 0.15) is 62.0 Å². The second kappa shape index (κ2) is 10.5. The number of hydrogen-bond donors (Lipinski definition) is 1. The molecule has 0 unspecified atom stereocenters. The van der Waals surface area contributed by atoms with Gasteiger partial charge in [-0.15, -0.1) is 0 Å². The van der Waals surface area contributed by atoms with E-state index in [1.165, 1.54) is 12.1 Å². The first-order valence-electron chi connectivity index (χ1n) is 9.98. The zero-order chi connectivity index (χ0) is 21.4. The van der Waals surface area contributed by atoms with Gasteiger partial charge in [0.25, 0.3) is 0 Å². The van der Waals surface area contributed by atoms with Crippen molar-refractivity contribution < 1.29 is 14.6 Å². The Morgan fingerprint density at radius 3 is 1.76 bits per heavy atom. The van der Waals surface area contributed by atoms with Crippen molar-refractivity contribution in [3.8, 4) is 17.2 Å². The molecule has 0 radical (unpaired) electrons. The molecule has 0 aliphatic rings. The summed E-state index contributed by atoms with van der Waals surface area (Å²) in [4.78, 5) is 12.4. The standard InChI is InChI=1S/C22H20O3.C4H10/c1-15(2)20-5-3-4-6-21(20)25-19-13-9-17(10-14-19)22(24)16-7-11-18(23)12-8-16;1-4(2)3/h3-15,23H,1-2H3;4H,1-3H3. The molecule has 1 N–H and O–H groups in total. The van der Waals surface area contributed by atoms with E-state index in [-0.39, 0.29) is 11.5 Å². The van der Waals surface area contributed by atoms with E-state index >= 15 is 0 Å². The molecule has 0 aliphatic carbocycles. The Balaban J connectivity index is 0.000000687. The summed E-state index contributed by atoms with van der Waals surface area (Å²) in [5.74, 6) is 2.77. The van der Waals surface area contributed by atoms with Crippen molar-refractivity contribution in [1.82, 2.24) is 0 Å². The van der Waals surface area contributed by atoms with E-state index < -0.39 is 0 Å². The molecule has 0 saturated carbocycles. The van der Waals surface area contributed by atoms with Crippen molar-refractivity contribution in [2.45, 2.75) is 40.5 Å². The summed E-state index contributed by atoms with van der Waals surface area (Å²) in [5, 5.41) is 9.32. The number of carbonyl (C=O) groups is 1. The van der Waals surface area contributed by atoms with E-state index in [1.807, 2.05) is 18.2 Å². The number of ether oxygens (including phenoxy) is 1. The van der Waals surface area contributed by atoms with Crippen LogP contribution >= 0.6 is 0 Å². The van der Waals surface area contributed by atoms with Crippen molar-refractivity contribution >= 4 is 5.78 Å². The Morgan fingerprint density at radius 1 is 0.759 bits per heavy atom. The van der Waals surface area contributed by atoms with Gasteiger partial charge < -0.3 is 9.84 Å². The molecule has 0 aliphatic heterocycles. The lowest BCUT2D eigenvalue weighted by atomic mass is 10.0. The zero-order valence-electron chi connectivity index (χ0n) is 17.8. The van der Waals surface area contributed by atoms with Gasteiger partial charge >= 0.3 is 0 Å². The molecule has 152 valence electrons. The lowest BCUT2D eigenvalue weighted by Crippen LogP contribution is -2.00. The van der Waals surface area contributed by atoms with Crippen LogP contribution < -0.4 is 4.74 Å². The Morgan fingerprint density at radius 2 is 1.24 bits per heavy atom. The fraction of sp³-hybridized carbons (Fsp3) is 0.269. The highest BCUT2D eigenvalue weighted by Gasteiger charge is 2.11. The summed E-state index contributed by atoms with van der Waals surface area (Å²) in [6.45, 7) is 10.8. The maximum atomic E-state index is 12.4. The fourth-order valence-corrected chi connectivity index (χ4v) is 2.63. The molecule has 3 heteroatoms. The lowest BCUT2D eigenvalue weighted by Gasteiger charge is -2.13. The summed E-state index contributed by atoms with van der Waals surface area (Å²) >= 11 is 0. The Bertz CT molecular complexity index is 905. The van der Waals surface area contributed by atoms with Crippen LogP contribution in [0.15, 0.2) is 72.8 Å². The molecule has 0 atom stereocenters. The average molecular weight is 391 g/mol. The van der Waals surface area contributed by atoms with Gasteiger partial charge in [-0.2, -0.15) is 0 Å². The Hall–Kier alpha value is -3.07. The normalized spacial score (nSPS) is 10.4. The molecular formula is C26H30O3. The smallest absolute Gasteiger partial charge is 0.193 e. The number of phenols is 1. The first-order chi connectivity index (χ1) is 13.8. The minimum Gasteiger partial charge on any atom is -0.508 e. The lowest BCUT2D eigenvalue weighted by molar-refractivity contribution is 0.103. The van der Waals surface area contributed by atoms with Crippen molar-refractivity contribution in [3.05, 3.63) is 89.5 Å². The molecule has 3 aromatic carbocycles. The second-order valence-electron chi connectivity index (χ2n) is 7.93. The summed E-state index contributed by atoms with van der Waals surface area (Å²) < 4.78 is 5.98. The zero-order valence-corrected chi connectivity index (χ0v) is 17.8. The topological polar surface area (TPSA) is 46.5 Å². The van der Waals surface area contributed by atoms with E-state index in [1.54, 1.807) is 36.4 Å². The van der Waals surface area contributed by atoms with Crippen molar-refractivity contribution in [2.75, 3.05) is 0 Å². The minimum absolute atomic E-state index is 0.0888. The number of para-hydroxylation sites is 1. The van der Waals surface area contributed by atoms with Gasteiger partial charge in [0.15, 0.2) is 5.78 Å². The Labute approximate surface area is 174 Å². The molecule has 0 heterocycles. The predicted molar refractivity (Wildman–Crippen MR) is 119 cm³/mol. The monoisotopic (exact) mass is 390 g/mol. The number of hydrogen-bond acceptors (Lipinski definition) is 3. The number of carbonyl (C=O) groups excluding carboxylic acids is 1.